The van der Waals surface area contributed by atoms with Gasteiger partial charge in [-0.3, -0.25) is 9.69 Å². The summed E-state index contributed by atoms with van der Waals surface area (Å²) in [6, 6.07) is 0.0862. The zero-order valence-corrected chi connectivity index (χ0v) is 11.3. The molecule has 0 aromatic heterocycles. The Bertz CT molecular complexity index is 276. The average molecular weight is 255 g/mol. The highest BCUT2D eigenvalue weighted by molar-refractivity contribution is 5.71. The second-order valence-corrected chi connectivity index (χ2v) is 5.69. The normalized spacial score (nSPS) is 29.2. The van der Waals surface area contributed by atoms with E-state index in [1.807, 2.05) is 0 Å². The largest absolute Gasteiger partial charge is 0.481 e. The van der Waals surface area contributed by atoms with Crippen LogP contribution in [-0.4, -0.2) is 48.3 Å². The molecule has 1 aliphatic heterocycles. The quantitative estimate of drug-likeness (QED) is 0.788. The summed E-state index contributed by atoms with van der Waals surface area (Å²) in [7, 11) is 0. The van der Waals surface area contributed by atoms with Crippen LogP contribution >= 0.6 is 0 Å². The molecular formula is C14H25NO3. The van der Waals surface area contributed by atoms with Crippen molar-refractivity contribution in [2.45, 2.75) is 45.1 Å². The Morgan fingerprint density at radius 2 is 2.06 bits per heavy atom. The highest BCUT2D eigenvalue weighted by Gasteiger charge is 2.38. The molecule has 0 radical (unpaired) electrons. The molecule has 1 N–H and O–H groups in total. The minimum atomic E-state index is -0.704. The second kappa shape index (κ2) is 6.53. The summed E-state index contributed by atoms with van der Waals surface area (Å²) in [4.78, 5) is 13.6. The molecular weight excluding hydrogens is 230 g/mol. The first kappa shape index (κ1) is 13.8. The van der Waals surface area contributed by atoms with Gasteiger partial charge < -0.3 is 9.84 Å². The molecule has 2 unspecified atom stereocenters. The molecule has 1 heterocycles. The highest BCUT2D eigenvalue weighted by atomic mass is 16.5. The summed E-state index contributed by atoms with van der Waals surface area (Å²) in [5, 5.41) is 9.25. The van der Waals surface area contributed by atoms with Crippen LogP contribution in [-0.2, 0) is 9.53 Å². The van der Waals surface area contributed by atoms with Crippen molar-refractivity contribution in [3.63, 3.8) is 0 Å². The fourth-order valence-electron chi connectivity index (χ4n) is 3.34. The summed E-state index contributed by atoms with van der Waals surface area (Å²) < 4.78 is 5.40. The topological polar surface area (TPSA) is 49.8 Å². The third-order valence-electron chi connectivity index (χ3n) is 4.31. The first-order chi connectivity index (χ1) is 8.72. The lowest BCUT2D eigenvalue weighted by Gasteiger charge is -2.32. The van der Waals surface area contributed by atoms with E-state index in [0.717, 1.165) is 25.4 Å². The van der Waals surface area contributed by atoms with Gasteiger partial charge in [0.15, 0.2) is 0 Å². The number of carbonyl (C=O) groups is 1. The molecule has 2 aliphatic rings. The lowest BCUT2D eigenvalue weighted by molar-refractivity contribution is -0.143. The maximum atomic E-state index is 11.3. The van der Waals surface area contributed by atoms with Crippen molar-refractivity contribution >= 4 is 5.97 Å². The number of carboxylic acid groups (broad SMARTS) is 1. The fourth-order valence-corrected chi connectivity index (χ4v) is 3.34. The van der Waals surface area contributed by atoms with Crippen LogP contribution in [0.3, 0.4) is 0 Å². The molecule has 4 nitrogen and oxygen atoms in total. The first-order valence-electron chi connectivity index (χ1n) is 7.27. The van der Waals surface area contributed by atoms with Gasteiger partial charge in [0.2, 0.25) is 0 Å². The number of ether oxygens (including phenoxy) is 1. The second-order valence-electron chi connectivity index (χ2n) is 5.69. The number of rotatable bonds is 6. The van der Waals surface area contributed by atoms with E-state index in [0.29, 0.717) is 13.2 Å². The van der Waals surface area contributed by atoms with Crippen LogP contribution in [0.1, 0.15) is 39.0 Å². The van der Waals surface area contributed by atoms with Crippen molar-refractivity contribution in [2.24, 2.45) is 11.8 Å². The standard InChI is InChI=1S/C14H25NO3/c1-2-7-15(8-11-5-3-4-6-11)13-10-18-9-12(13)14(16)17/h11-13H,2-10H2,1H3,(H,16,17). The third-order valence-corrected chi connectivity index (χ3v) is 4.31. The van der Waals surface area contributed by atoms with Crippen molar-refractivity contribution in [1.29, 1.82) is 0 Å². The molecule has 4 heteroatoms. The van der Waals surface area contributed by atoms with Crippen molar-refractivity contribution in [3.8, 4) is 0 Å². The highest BCUT2D eigenvalue weighted by Crippen LogP contribution is 2.28. The minimum absolute atomic E-state index is 0.0862. The van der Waals surface area contributed by atoms with Crippen LogP contribution in [0.15, 0.2) is 0 Å². The van der Waals surface area contributed by atoms with E-state index in [9.17, 15) is 9.90 Å². The maximum Gasteiger partial charge on any atom is 0.310 e. The molecule has 0 bridgehead atoms. The van der Waals surface area contributed by atoms with E-state index in [-0.39, 0.29) is 12.0 Å². The van der Waals surface area contributed by atoms with Gasteiger partial charge in [0.25, 0.3) is 0 Å². The molecule has 18 heavy (non-hydrogen) atoms. The van der Waals surface area contributed by atoms with E-state index in [4.69, 9.17) is 4.74 Å². The van der Waals surface area contributed by atoms with E-state index in [2.05, 4.69) is 11.8 Å². The van der Waals surface area contributed by atoms with Crippen molar-refractivity contribution in [2.75, 3.05) is 26.3 Å². The predicted octanol–water partition coefficient (Wildman–Crippen LogP) is 1.99. The molecule has 0 amide bonds. The number of carboxylic acids is 1. The van der Waals surface area contributed by atoms with Gasteiger partial charge in [-0.2, -0.15) is 0 Å². The maximum absolute atomic E-state index is 11.3. The molecule has 2 rings (SSSR count). The van der Waals surface area contributed by atoms with Crippen molar-refractivity contribution in [3.05, 3.63) is 0 Å². The monoisotopic (exact) mass is 255 g/mol. The molecule has 2 atom stereocenters. The van der Waals surface area contributed by atoms with E-state index >= 15 is 0 Å². The van der Waals surface area contributed by atoms with Gasteiger partial charge in [0.1, 0.15) is 0 Å². The average Bonchev–Trinajstić information content (AvgIpc) is 2.99. The number of hydrogen-bond acceptors (Lipinski definition) is 3. The van der Waals surface area contributed by atoms with E-state index in [1.54, 1.807) is 0 Å². The van der Waals surface area contributed by atoms with E-state index < -0.39 is 5.97 Å². The van der Waals surface area contributed by atoms with Crippen LogP contribution in [0.4, 0.5) is 0 Å². The molecule has 1 saturated heterocycles. The third kappa shape index (κ3) is 3.23. The van der Waals surface area contributed by atoms with Crippen molar-refractivity contribution in [1.82, 2.24) is 4.90 Å². The van der Waals surface area contributed by atoms with Gasteiger partial charge in [-0.15, -0.1) is 0 Å². The van der Waals surface area contributed by atoms with Gasteiger partial charge in [0.05, 0.1) is 19.1 Å². The van der Waals surface area contributed by atoms with Gasteiger partial charge in [-0.05, 0) is 31.7 Å². The van der Waals surface area contributed by atoms with E-state index in [1.165, 1.54) is 25.7 Å². The summed E-state index contributed by atoms with van der Waals surface area (Å²) >= 11 is 0. The van der Waals surface area contributed by atoms with Crippen molar-refractivity contribution < 1.29 is 14.6 Å². The predicted molar refractivity (Wildman–Crippen MR) is 69.6 cm³/mol. The lowest BCUT2D eigenvalue weighted by atomic mass is 9.99. The Morgan fingerprint density at radius 3 is 2.67 bits per heavy atom. The molecule has 0 spiro atoms. The lowest BCUT2D eigenvalue weighted by Crippen LogP contribution is -2.45. The van der Waals surface area contributed by atoms with Crippen LogP contribution < -0.4 is 0 Å². The Hall–Kier alpha value is -0.610. The summed E-state index contributed by atoms with van der Waals surface area (Å²) in [6.45, 7) is 5.18. The minimum Gasteiger partial charge on any atom is -0.481 e. The molecule has 0 aromatic carbocycles. The van der Waals surface area contributed by atoms with Gasteiger partial charge >= 0.3 is 5.97 Å². The SMILES string of the molecule is CCCN(CC1CCCC1)C1COCC1C(=O)O. The van der Waals surface area contributed by atoms with Gasteiger partial charge in [-0.1, -0.05) is 19.8 Å². The molecule has 2 fully saturated rings. The Labute approximate surface area is 109 Å². The number of aliphatic carboxylic acids is 1. The first-order valence-corrected chi connectivity index (χ1v) is 7.27. The van der Waals surface area contributed by atoms with Gasteiger partial charge in [0, 0.05) is 12.6 Å². The van der Waals surface area contributed by atoms with Crippen LogP contribution in [0, 0.1) is 11.8 Å². The van der Waals surface area contributed by atoms with Crippen LogP contribution in [0.25, 0.3) is 0 Å². The Balaban J connectivity index is 1.96. The molecule has 1 saturated carbocycles. The number of hydrogen-bond donors (Lipinski definition) is 1. The fraction of sp³-hybridized carbons (Fsp3) is 0.929. The summed E-state index contributed by atoms with van der Waals surface area (Å²) in [6.07, 6.45) is 6.38. The molecule has 104 valence electrons. The molecule has 0 aromatic rings. The van der Waals surface area contributed by atoms with Gasteiger partial charge in [-0.25, -0.2) is 0 Å². The summed E-state index contributed by atoms with van der Waals surface area (Å²) in [5.41, 5.74) is 0. The summed E-state index contributed by atoms with van der Waals surface area (Å²) in [5.74, 6) is -0.269. The van der Waals surface area contributed by atoms with Crippen LogP contribution in [0.5, 0.6) is 0 Å². The smallest absolute Gasteiger partial charge is 0.310 e. The Morgan fingerprint density at radius 1 is 1.33 bits per heavy atom. The number of nitrogens with zero attached hydrogens (tertiary/aromatic N) is 1. The zero-order valence-electron chi connectivity index (χ0n) is 11.3. The zero-order chi connectivity index (χ0) is 13.0. The molecule has 1 aliphatic carbocycles. The Kier molecular flexibility index (Phi) is 5.01. The van der Waals surface area contributed by atoms with Crippen LogP contribution in [0.2, 0.25) is 0 Å².